The van der Waals surface area contributed by atoms with Gasteiger partial charge < -0.3 is 24.7 Å². The second-order valence-corrected chi connectivity index (χ2v) is 7.67. The van der Waals surface area contributed by atoms with Gasteiger partial charge in [-0.15, -0.1) is 0 Å². The molecular formula is C19H24F3N3O6. The highest BCUT2D eigenvalue weighted by Gasteiger charge is 2.51. The lowest BCUT2D eigenvalue weighted by Gasteiger charge is -2.54. The number of amides is 2. The molecule has 3 rings (SSSR count). The van der Waals surface area contributed by atoms with Crippen LogP contribution < -0.4 is 0 Å². The van der Waals surface area contributed by atoms with E-state index in [1.807, 2.05) is 11.9 Å². The van der Waals surface area contributed by atoms with Crippen LogP contribution in [0.15, 0.2) is 24.3 Å². The number of carboxylic acids is 1. The van der Waals surface area contributed by atoms with Crippen LogP contribution in [0.25, 0.3) is 0 Å². The van der Waals surface area contributed by atoms with E-state index in [0.717, 1.165) is 0 Å². The lowest BCUT2D eigenvalue weighted by atomic mass is 9.90. The number of halogens is 3. The number of hydrogen-bond donors (Lipinski definition) is 2. The van der Waals surface area contributed by atoms with E-state index in [2.05, 4.69) is 0 Å². The first kappa shape index (κ1) is 24.4. The number of aromatic hydroxyl groups is 1. The van der Waals surface area contributed by atoms with Crippen LogP contribution in [-0.4, -0.2) is 108 Å². The molecule has 0 radical (unpaired) electrons. The molecule has 1 aromatic rings. The molecule has 9 nitrogen and oxygen atoms in total. The van der Waals surface area contributed by atoms with Crippen molar-refractivity contribution in [1.29, 1.82) is 0 Å². The molecule has 12 heteroatoms. The molecule has 1 spiro atoms. The number of carbonyl (C=O) groups excluding carboxylic acids is 2. The third-order valence-electron chi connectivity index (χ3n) is 4.92. The highest BCUT2D eigenvalue weighted by Crippen LogP contribution is 2.32. The lowest BCUT2D eigenvalue weighted by Crippen LogP contribution is -2.73. The van der Waals surface area contributed by atoms with Crippen molar-refractivity contribution >= 4 is 17.8 Å². The molecule has 1 unspecified atom stereocenters. The summed E-state index contributed by atoms with van der Waals surface area (Å²) in [6, 6.07) is 6.07. The van der Waals surface area contributed by atoms with Crippen LogP contribution in [0.4, 0.5) is 13.2 Å². The molecule has 1 aromatic carbocycles. The molecule has 0 aromatic heterocycles. The summed E-state index contributed by atoms with van der Waals surface area (Å²) in [5.74, 6) is -2.77. The summed E-state index contributed by atoms with van der Waals surface area (Å²) < 4.78 is 37.7. The number of aliphatic carboxylic acids is 1. The summed E-state index contributed by atoms with van der Waals surface area (Å²) in [4.78, 5) is 38.7. The fraction of sp³-hybridized carbons (Fsp3) is 0.526. The van der Waals surface area contributed by atoms with Gasteiger partial charge in [0.15, 0.2) is 0 Å². The maximum absolute atomic E-state index is 12.4. The Morgan fingerprint density at radius 3 is 2.23 bits per heavy atom. The van der Waals surface area contributed by atoms with Crippen molar-refractivity contribution in [2.24, 2.45) is 0 Å². The van der Waals surface area contributed by atoms with Gasteiger partial charge >= 0.3 is 12.1 Å². The highest BCUT2D eigenvalue weighted by molar-refractivity contribution is 5.95. The Morgan fingerprint density at radius 1 is 1.19 bits per heavy atom. The van der Waals surface area contributed by atoms with Gasteiger partial charge in [-0.25, -0.2) is 4.79 Å². The number of phenols is 1. The number of rotatable bonds is 2. The molecule has 2 fully saturated rings. The molecule has 2 aliphatic rings. The molecule has 2 aliphatic heterocycles. The Bertz CT molecular complexity index is 839. The van der Waals surface area contributed by atoms with Crippen LogP contribution in [-0.2, 0) is 14.3 Å². The molecule has 0 saturated carbocycles. The van der Waals surface area contributed by atoms with Gasteiger partial charge in [-0.05, 0) is 25.2 Å². The summed E-state index contributed by atoms with van der Waals surface area (Å²) in [6.07, 6.45) is -5.08. The third-order valence-corrected chi connectivity index (χ3v) is 4.92. The quantitative estimate of drug-likeness (QED) is 0.685. The fourth-order valence-corrected chi connectivity index (χ4v) is 3.36. The number of ether oxygens (including phenoxy) is 1. The summed E-state index contributed by atoms with van der Waals surface area (Å²) in [6.45, 7) is 1.94. The number of carbonyl (C=O) groups is 3. The average Bonchev–Trinajstić information content (AvgIpc) is 2.64. The normalized spacial score (nSPS) is 20.3. The smallest absolute Gasteiger partial charge is 0.490 e. The molecule has 0 aliphatic carbocycles. The van der Waals surface area contributed by atoms with Gasteiger partial charge in [0.25, 0.3) is 5.91 Å². The number of morpholine rings is 1. The summed E-state index contributed by atoms with van der Waals surface area (Å²) in [5, 5.41) is 16.6. The molecule has 1 atom stereocenters. The predicted molar refractivity (Wildman–Crippen MR) is 101 cm³/mol. The first-order valence-corrected chi connectivity index (χ1v) is 9.19. The standard InChI is InChI=1S/C17H23N3O4.C2HF3O2/c1-18(2)16(23)14-8-24-17(9-19(14)3)10-20(11-17)15(22)12-5-4-6-13(21)7-12;3-2(4,5)1(6)7/h4-7,14,21H,8-11H2,1-3H3;(H,6,7). The second-order valence-electron chi connectivity index (χ2n) is 7.67. The van der Waals surface area contributed by atoms with Crippen molar-refractivity contribution in [2.45, 2.75) is 17.8 Å². The average molecular weight is 447 g/mol. The number of nitrogens with zero attached hydrogens (tertiary/aromatic N) is 3. The maximum Gasteiger partial charge on any atom is 0.490 e. The van der Waals surface area contributed by atoms with Gasteiger partial charge in [-0.1, -0.05) is 6.07 Å². The lowest BCUT2D eigenvalue weighted by molar-refractivity contribution is -0.192. The first-order chi connectivity index (χ1) is 14.3. The molecule has 0 bridgehead atoms. The Kier molecular flexibility index (Phi) is 7.17. The minimum atomic E-state index is -5.08. The van der Waals surface area contributed by atoms with Gasteiger partial charge in [0, 0.05) is 26.2 Å². The molecule has 2 amide bonds. The van der Waals surface area contributed by atoms with Gasteiger partial charge in [-0.2, -0.15) is 13.2 Å². The zero-order valence-corrected chi connectivity index (χ0v) is 17.2. The van der Waals surface area contributed by atoms with Crippen LogP contribution in [0.1, 0.15) is 10.4 Å². The van der Waals surface area contributed by atoms with Crippen LogP contribution in [0.3, 0.4) is 0 Å². The van der Waals surface area contributed by atoms with Gasteiger partial charge in [0.2, 0.25) is 5.91 Å². The Balaban J connectivity index is 0.000000423. The summed E-state index contributed by atoms with van der Waals surface area (Å²) >= 11 is 0. The van der Waals surface area contributed by atoms with Gasteiger partial charge in [0.1, 0.15) is 17.4 Å². The minimum absolute atomic E-state index is 0.0272. The zero-order chi connectivity index (χ0) is 23.6. The summed E-state index contributed by atoms with van der Waals surface area (Å²) in [5.41, 5.74) is 0.0688. The number of likely N-dealkylation sites (N-methyl/N-ethyl adjacent to an activating group) is 2. The highest BCUT2D eigenvalue weighted by atomic mass is 19.4. The van der Waals surface area contributed by atoms with Crippen LogP contribution in [0.2, 0.25) is 0 Å². The van der Waals surface area contributed by atoms with E-state index in [9.17, 15) is 27.9 Å². The SMILES string of the molecule is CN(C)C(=O)C1COC2(CN(C(=O)c3cccc(O)c3)C2)CN1C.O=C(O)C(F)(F)F. The van der Waals surface area contributed by atoms with Gasteiger partial charge in [-0.3, -0.25) is 14.5 Å². The number of phenolic OH excluding ortho intramolecular Hbond substituents is 1. The molecule has 2 saturated heterocycles. The van der Waals surface area contributed by atoms with Crippen LogP contribution in [0.5, 0.6) is 5.75 Å². The number of benzene rings is 1. The van der Waals surface area contributed by atoms with E-state index >= 15 is 0 Å². The van der Waals surface area contributed by atoms with Gasteiger partial charge in [0.05, 0.1) is 19.7 Å². The van der Waals surface area contributed by atoms with Crippen molar-refractivity contribution < 1.29 is 42.5 Å². The number of alkyl halides is 3. The Morgan fingerprint density at radius 2 is 1.77 bits per heavy atom. The predicted octanol–water partition coefficient (Wildman–Crippen LogP) is 0.639. The largest absolute Gasteiger partial charge is 0.508 e. The Labute approximate surface area is 176 Å². The van der Waals surface area contributed by atoms with Crippen molar-refractivity contribution in [3.8, 4) is 5.75 Å². The van der Waals surface area contributed by atoms with E-state index < -0.39 is 17.7 Å². The molecule has 2 heterocycles. The molecule has 172 valence electrons. The monoisotopic (exact) mass is 447 g/mol. The van der Waals surface area contributed by atoms with E-state index in [-0.39, 0.29) is 23.6 Å². The van der Waals surface area contributed by atoms with Crippen molar-refractivity contribution in [1.82, 2.24) is 14.7 Å². The van der Waals surface area contributed by atoms with Crippen LogP contribution >= 0.6 is 0 Å². The Hall–Kier alpha value is -2.86. The molecule has 31 heavy (non-hydrogen) atoms. The second kappa shape index (κ2) is 9.10. The zero-order valence-electron chi connectivity index (χ0n) is 17.2. The van der Waals surface area contributed by atoms with E-state index in [1.54, 1.807) is 36.0 Å². The summed E-state index contributed by atoms with van der Waals surface area (Å²) in [7, 11) is 5.38. The fourth-order valence-electron chi connectivity index (χ4n) is 3.36. The van der Waals surface area contributed by atoms with Crippen molar-refractivity contribution in [2.75, 3.05) is 47.4 Å². The third kappa shape index (κ3) is 5.85. The number of likely N-dealkylation sites (tertiary alicyclic amines) is 1. The first-order valence-electron chi connectivity index (χ1n) is 9.19. The molecular weight excluding hydrogens is 423 g/mol. The number of hydrogen-bond acceptors (Lipinski definition) is 6. The minimum Gasteiger partial charge on any atom is -0.508 e. The maximum atomic E-state index is 12.4. The van der Waals surface area contributed by atoms with Crippen LogP contribution in [0, 0.1) is 0 Å². The molecule has 2 N–H and O–H groups in total. The van der Waals surface area contributed by atoms with E-state index in [0.29, 0.717) is 31.8 Å². The topological polar surface area (TPSA) is 111 Å². The van der Waals surface area contributed by atoms with E-state index in [4.69, 9.17) is 14.6 Å². The van der Waals surface area contributed by atoms with E-state index in [1.165, 1.54) is 12.1 Å². The van der Waals surface area contributed by atoms with Crippen molar-refractivity contribution in [3.63, 3.8) is 0 Å². The van der Waals surface area contributed by atoms with Crippen molar-refractivity contribution in [3.05, 3.63) is 29.8 Å². The number of carboxylic acid groups (broad SMARTS) is 1.